The largest absolute Gasteiger partial charge is 0.497 e. The van der Waals surface area contributed by atoms with E-state index >= 15 is 0 Å². The zero-order chi connectivity index (χ0) is 20.2. The molecule has 1 N–H and O–H groups in total. The van der Waals surface area contributed by atoms with Crippen LogP contribution in [-0.2, 0) is 9.53 Å². The van der Waals surface area contributed by atoms with Crippen molar-refractivity contribution < 1.29 is 19.0 Å². The summed E-state index contributed by atoms with van der Waals surface area (Å²) in [4.78, 5) is 18.8. The lowest BCUT2D eigenvalue weighted by molar-refractivity contribution is -0.149. The number of guanidine groups is 1. The number of piperidine rings is 1. The van der Waals surface area contributed by atoms with Gasteiger partial charge in [-0.3, -0.25) is 9.79 Å². The highest BCUT2D eigenvalue weighted by atomic mass is 16.5. The van der Waals surface area contributed by atoms with Gasteiger partial charge in [-0.2, -0.15) is 0 Å². The van der Waals surface area contributed by atoms with Gasteiger partial charge in [0.05, 0.1) is 26.2 Å². The molecule has 1 aliphatic rings. The maximum Gasteiger partial charge on any atom is 0.309 e. The number of aliphatic imine (C=N–C) groups is 1. The van der Waals surface area contributed by atoms with Crippen molar-refractivity contribution in [3.8, 4) is 11.5 Å². The first-order valence-corrected chi connectivity index (χ1v) is 10.1. The minimum absolute atomic E-state index is 0.00957. The lowest BCUT2D eigenvalue weighted by Crippen LogP contribution is -2.46. The molecule has 0 bridgehead atoms. The Balaban J connectivity index is 1.76. The molecular weight excluding hydrogens is 358 g/mol. The fourth-order valence-corrected chi connectivity index (χ4v) is 3.14. The number of nitrogens with zero attached hydrogens (tertiary/aromatic N) is 2. The summed E-state index contributed by atoms with van der Waals surface area (Å²) in [5.74, 6) is 2.44. The van der Waals surface area contributed by atoms with Crippen molar-refractivity contribution in [3.63, 3.8) is 0 Å². The molecule has 1 heterocycles. The molecule has 0 aromatic heterocycles. The fourth-order valence-electron chi connectivity index (χ4n) is 3.14. The predicted molar refractivity (Wildman–Crippen MR) is 110 cm³/mol. The van der Waals surface area contributed by atoms with Crippen LogP contribution in [0.15, 0.2) is 29.3 Å². The second-order valence-electron chi connectivity index (χ2n) is 6.63. The molecule has 1 aromatic carbocycles. The van der Waals surface area contributed by atoms with Gasteiger partial charge < -0.3 is 24.4 Å². The Hall–Kier alpha value is -2.44. The van der Waals surface area contributed by atoms with E-state index in [1.807, 2.05) is 31.2 Å². The molecule has 1 saturated heterocycles. The number of hydrogen-bond acceptors (Lipinski definition) is 5. The van der Waals surface area contributed by atoms with E-state index in [2.05, 4.69) is 17.1 Å². The first-order valence-electron chi connectivity index (χ1n) is 10.1. The van der Waals surface area contributed by atoms with Crippen molar-refractivity contribution >= 4 is 11.9 Å². The summed E-state index contributed by atoms with van der Waals surface area (Å²) in [7, 11) is 1.64. The second kappa shape index (κ2) is 12.1. The molecule has 1 aromatic rings. The number of carbonyl (C=O) groups excluding carboxylic acids is 1. The van der Waals surface area contributed by atoms with Crippen LogP contribution in [0.1, 0.15) is 33.1 Å². The molecule has 0 spiro atoms. The van der Waals surface area contributed by atoms with Gasteiger partial charge in [0.25, 0.3) is 0 Å². The van der Waals surface area contributed by atoms with Gasteiger partial charge in [0.15, 0.2) is 5.96 Å². The molecule has 0 aliphatic carbocycles. The Labute approximate surface area is 168 Å². The monoisotopic (exact) mass is 391 g/mol. The number of likely N-dealkylation sites (tertiary alicyclic amines) is 1. The highest BCUT2D eigenvalue weighted by Gasteiger charge is 2.27. The molecule has 0 amide bonds. The first-order chi connectivity index (χ1) is 13.7. The van der Waals surface area contributed by atoms with Crippen LogP contribution in [0.3, 0.4) is 0 Å². The van der Waals surface area contributed by atoms with E-state index in [1.54, 1.807) is 7.11 Å². The van der Waals surface area contributed by atoms with E-state index in [-0.39, 0.29) is 11.9 Å². The van der Waals surface area contributed by atoms with E-state index < -0.39 is 0 Å². The van der Waals surface area contributed by atoms with E-state index in [0.29, 0.717) is 19.8 Å². The molecule has 0 unspecified atom stereocenters. The van der Waals surface area contributed by atoms with Gasteiger partial charge in [0.2, 0.25) is 0 Å². The zero-order valence-electron chi connectivity index (χ0n) is 17.3. The molecule has 7 nitrogen and oxygen atoms in total. The van der Waals surface area contributed by atoms with Crippen LogP contribution in [0.5, 0.6) is 11.5 Å². The number of rotatable bonds is 9. The second-order valence-corrected chi connectivity index (χ2v) is 6.63. The van der Waals surface area contributed by atoms with Crippen molar-refractivity contribution in [2.75, 3.05) is 46.5 Å². The minimum Gasteiger partial charge on any atom is -0.497 e. The topological polar surface area (TPSA) is 72.4 Å². The SMILES string of the molecule is CCNC(=NCCCOc1cccc(OC)c1)N1CCC(C(=O)OCC)CC1. The number of hydrogen-bond donors (Lipinski definition) is 1. The molecule has 0 saturated carbocycles. The number of nitrogens with one attached hydrogen (secondary N) is 1. The molecule has 7 heteroatoms. The summed E-state index contributed by atoms with van der Waals surface area (Å²) in [6.07, 6.45) is 2.44. The maximum atomic E-state index is 11.9. The van der Waals surface area contributed by atoms with E-state index in [1.165, 1.54) is 0 Å². The van der Waals surface area contributed by atoms with Gasteiger partial charge in [-0.25, -0.2) is 0 Å². The molecule has 28 heavy (non-hydrogen) atoms. The van der Waals surface area contributed by atoms with Crippen molar-refractivity contribution in [2.24, 2.45) is 10.9 Å². The summed E-state index contributed by atoms with van der Waals surface area (Å²) in [6, 6.07) is 7.60. The van der Waals surface area contributed by atoms with Crippen LogP contribution in [0.4, 0.5) is 0 Å². The summed E-state index contributed by atoms with van der Waals surface area (Å²) in [5.41, 5.74) is 0. The standard InChI is InChI=1S/C21H33N3O4/c1-4-22-21(24-13-10-17(11-14-24)20(25)27-5-2)23-12-7-15-28-19-9-6-8-18(16-19)26-3/h6,8-9,16-17H,4-5,7,10-15H2,1-3H3,(H,22,23). The third-order valence-electron chi connectivity index (χ3n) is 4.62. The lowest BCUT2D eigenvalue weighted by atomic mass is 9.97. The number of carbonyl (C=O) groups is 1. The summed E-state index contributed by atoms with van der Waals surface area (Å²) >= 11 is 0. The summed E-state index contributed by atoms with van der Waals surface area (Å²) in [5, 5.41) is 3.35. The Morgan fingerprint density at radius 1 is 1.25 bits per heavy atom. The Bertz CT molecular complexity index is 628. The smallest absolute Gasteiger partial charge is 0.309 e. The third-order valence-corrected chi connectivity index (χ3v) is 4.62. The van der Waals surface area contributed by atoms with Gasteiger partial charge in [-0.1, -0.05) is 6.07 Å². The predicted octanol–water partition coefficient (Wildman–Crippen LogP) is 2.70. The van der Waals surface area contributed by atoms with Gasteiger partial charge in [-0.05, 0) is 38.8 Å². The minimum atomic E-state index is -0.0706. The van der Waals surface area contributed by atoms with Gasteiger partial charge in [0, 0.05) is 38.7 Å². The van der Waals surface area contributed by atoms with Crippen LogP contribution >= 0.6 is 0 Å². The number of methoxy groups -OCH3 is 1. The van der Waals surface area contributed by atoms with Crippen molar-refractivity contribution in [1.29, 1.82) is 0 Å². The summed E-state index contributed by atoms with van der Waals surface area (Å²) in [6.45, 7) is 8.09. The number of benzene rings is 1. The van der Waals surface area contributed by atoms with Crippen LogP contribution in [0.25, 0.3) is 0 Å². The van der Waals surface area contributed by atoms with E-state index in [4.69, 9.17) is 19.2 Å². The number of ether oxygens (including phenoxy) is 3. The van der Waals surface area contributed by atoms with Crippen molar-refractivity contribution in [2.45, 2.75) is 33.1 Å². The van der Waals surface area contributed by atoms with Crippen LogP contribution in [0.2, 0.25) is 0 Å². The molecule has 0 atom stereocenters. The number of esters is 1. The molecule has 1 aliphatic heterocycles. The van der Waals surface area contributed by atoms with Crippen molar-refractivity contribution in [3.05, 3.63) is 24.3 Å². The van der Waals surface area contributed by atoms with Crippen LogP contribution < -0.4 is 14.8 Å². The highest BCUT2D eigenvalue weighted by molar-refractivity contribution is 5.80. The molecular formula is C21H33N3O4. The first kappa shape index (κ1) is 21.9. The quantitative estimate of drug-likeness (QED) is 0.302. The Morgan fingerprint density at radius 2 is 2.00 bits per heavy atom. The van der Waals surface area contributed by atoms with E-state index in [9.17, 15) is 4.79 Å². The molecule has 0 radical (unpaired) electrons. The van der Waals surface area contributed by atoms with Crippen LogP contribution in [0, 0.1) is 5.92 Å². The molecule has 1 fully saturated rings. The maximum absolute atomic E-state index is 11.9. The average Bonchev–Trinajstić information content (AvgIpc) is 2.73. The normalized spacial score (nSPS) is 15.2. The summed E-state index contributed by atoms with van der Waals surface area (Å²) < 4.78 is 16.1. The van der Waals surface area contributed by atoms with E-state index in [0.717, 1.165) is 56.4 Å². The lowest BCUT2D eigenvalue weighted by Gasteiger charge is -2.33. The van der Waals surface area contributed by atoms with Gasteiger partial charge in [-0.15, -0.1) is 0 Å². The van der Waals surface area contributed by atoms with Crippen molar-refractivity contribution in [1.82, 2.24) is 10.2 Å². The molecule has 2 rings (SSSR count). The Kier molecular flexibility index (Phi) is 9.45. The highest BCUT2D eigenvalue weighted by Crippen LogP contribution is 2.20. The molecule has 156 valence electrons. The Morgan fingerprint density at radius 3 is 2.68 bits per heavy atom. The van der Waals surface area contributed by atoms with Gasteiger partial charge in [0.1, 0.15) is 11.5 Å². The van der Waals surface area contributed by atoms with Gasteiger partial charge >= 0.3 is 5.97 Å². The zero-order valence-corrected chi connectivity index (χ0v) is 17.3. The fraction of sp³-hybridized carbons (Fsp3) is 0.619. The van der Waals surface area contributed by atoms with Crippen LogP contribution in [-0.4, -0.2) is 63.3 Å². The third kappa shape index (κ3) is 6.94. The average molecular weight is 392 g/mol.